The molecule has 24 heavy (non-hydrogen) atoms. The van der Waals surface area contributed by atoms with E-state index in [-0.39, 0.29) is 23.5 Å². The van der Waals surface area contributed by atoms with E-state index in [1.807, 2.05) is 6.20 Å². The van der Waals surface area contributed by atoms with E-state index < -0.39 is 5.41 Å². The van der Waals surface area contributed by atoms with Gasteiger partial charge in [-0.3, -0.25) is 9.59 Å². The zero-order chi connectivity index (χ0) is 17.3. The first-order chi connectivity index (χ1) is 11.4. The Kier molecular flexibility index (Phi) is 4.30. The smallest absolute Gasteiger partial charge is 0.223 e. The summed E-state index contributed by atoms with van der Waals surface area (Å²) in [5.74, 6) is -1.08. The number of fused-ring (bicyclic) bond motifs is 1. The van der Waals surface area contributed by atoms with Gasteiger partial charge >= 0.3 is 0 Å². The van der Waals surface area contributed by atoms with Crippen LogP contribution in [-0.2, 0) is 16.0 Å². The second-order valence-corrected chi connectivity index (χ2v) is 6.83. The summed E-state index contributed by atoms with van der Waals surface area (Å²) in [7, 11) is 0. The molecule has 1 saturated carbocycles. The van der Waals surface area contributed by atoms with Crippen molar-refractivity contribution in [2.24, 2.45) is 22.8 Å². The molecule has 1 heterocycles. The van der Waals surface area contributed by atoms with Gasteiger partial charge in [0.1, 0.15) is 5.82 Å². The molecule has 0 aliphatic heterocycles. The minimum atomic E-state index is -0.608. The minimum Gasteiger partial charge on any atom is -0.369 e. The Hall–Kier alpha value is -2.37. The van der Waals surface area contributed by atoms with Crippen LogP contribution in [0.2, 0.25) is 0 Å². The van der Waals surface area contributed by atoms with E-state index in [0.717, 1.165) is 16.5 Å². The van der Waals surface area contributed by atoms with Gasteiger partial charge in [-0.1, -0.05) is 0 Å². The molecule has 2 aromatic rings. The van der Waals surface area contributed by atoms with Gasteiger partial charge in [0.15, 0.2) is 0 Å². The summed E-state index contributed by atoms with van der Waals surface area (Å²) in [5.41, 5.74) is 12.3. The van der Waals surface area contributed by atoms with Crippen molar-refractivity contribution < 1.29 is 14.0 Å². The molecular weight excluding hydrogens is 309 g/mol. The van der Waals surface area contributed by atoms with Crippen molar-refractivity contribution in [3.63, 3.8) is 0 Å². The molecule has 1 aliphatic rings. The van der Waals surface area contributed by atoms with Crippen LogP contribution < -0.4 is 11.5 Å². The van der Waals surface area contributed by atoms with Crippen molar-refractivity contribution in [1.29, 1.82) is 0 Å². The lowest BCUT2D eigenvalue weighted by atomic mass is 9.67. The van der Waals surface area contributed by atoms with Gasteiger partial charge in [-0.05, 0) is 62.3 Å². The molecule has 0 radical (unpaired) electrons. The number of H-pyrrole nitrogens is 1. The summed E-state index contributed by atoms with van der Waals surface area (Å²) < 4.78 is 13.5. The number of hydrogen-bond acceptors (Lipinski definition) is 2. The number of nitrogens with two attached hydrogens (primary N) is 2. The number of nitrogens with one attached hydrogen (secondary N) is 1. The Labute approximate surface area is 139 Å². The van der Waals surface area contributed by atoms with Crippen molar-refractivity contribution in [3.8, 4) is 0 Å². The number of carbonyl (C=O) groups excluding carboxylic acids is 2. The number of aromatic amines is 1. The second-order valence-electron chi connectivity index (χ2n) is 6.83. The van der Waals surface area contributed by atoms with Gasteiger partial charge in [0.2, 0.25) is 11.8 Å². The van der Waals surface area contributed by atoms with Gasteiger partial charge in [-0.15, -0.1) is 0 Å². The first-order valence-electron chi connectivity index (χ1n) is 8.26. The normalized spacial score (nSPS) is 24.1. The molecular formula is C18H22FN3O2. The molecule has 1 aromatic carbocycles. The molecule has 5 N–H and O–H groups in total. The molecule has 0 bridgehead atoms. The van der Waals surface area contributed by atoms with Crippen LogP contribution in [0.15, 0.2) is 24.4 Å². The monoisotopic (exact) mass is 331 g/mol. The fourth-order valence-electron chi connectivity index (χ4n) is 3.81. The van der Waals surface area contributed by atoms with Crippen molar-refractivity contribution >= 4 is 22.7 Å². The second kappa shape index (κ2) is 6.26. The fraction of sp³-hybridized carbons (Fsp3) is 0.444. The fourth-order valence-corrected chi connectivity index (χ4v) is 3.81. The maximum absolute atomic E-state index is 13.5. The minimum absolute atomic E-state index is 0.167. The van der Waals surface area contributed by atoms with Crippen molar-refractivity contribution in [3.05, 3.63) is 35.8 Å². The SMILES string of the molecule is NC(=O)C1CCC(CCc2c[nH]c3ccc(F)cc23)(C(N)=O)CC1. The van der Waals surface area contributed by atoms with Gasteiger partial charge in [-0.25, -0.2) is 4.39 Å². The van der Waals surface area contributed by atoms with Gasteiger partial charge in [0.05, 0.1) is 0 Å². The highest BCUT2D eigenvalue weighted by Gasteiger charge is 2.41. The molecule has 6 heteroatoms. The molecule has 0 unspecified atom stereocenters. The zero-order valence-electron chi connectivity index (χ0n) is 13.5. The molecule has 1 aromatic heterocycles. The third kappa shape index (κ3) is 3.00. The maximum atomic E-state index is 13.5. The molecule has 0 saturated heterocycles. The summed E-state index contributed by atoms with van der Waals surface area (Å²) in [4.78, 5) is 26.5. The summed E-state index contributed by atoms with van der Waals surface area (Å²) in [5, 5.41) is 0.834. The van der Waals surface area contributed by atoms with Gasteiger partial charge in [-0.2, -0.15) is 0 Å². The van der Waals surface area contributed by atoms with Gasteiger partial charge < -0.3 is 16.5 Å². The van der Waals surface area contributed by atoms with Crippen LogP contribution in [0, 0.1) is 17.2 Å². The first kappa shape index (κ1) is 16.5. The molecule has 1 aliphatic carbocycles. The largest absolute Gasteiger partial charge is 0.369 e. The van der Waals surface area contributed by atoms with Crippen LogP contribution in [-0.4, -0.2) is 16.8 Å². The van der Waals surface area contributed by atoms with Crippen molar-refractivity contribution in [1.82, 2.24) is 4.98 Å². The molecule has 2 amide bonds. The average Bonchev–Trinajstić information content (AvgIpc) is 2.95. The number of hydrogen-bond donors (Lipinski definition) is 3. The number of rotatable bonds is 5. The third-order valence-electron chi connectivity index (χ3n) is 5.47. The maximum Gasteiger partial charge on any atom is 0.223 e. The van der Waals surface area contributed by atoms with E-state index in [0.29, 0.717) is 38.5 Å². The van der Waals surface area contributed by atoms with Gasteiger partial charge in [0, 0.05) is 28.4 Å². The highest BCUT2D eigenvalue weighted by Crippen LogP contribution is 2.42. The molecule has 0 spiro atoms. The Morgan fingerprint density at radius 2 is 1.96 bits per heavy atom. The third-order valence-corrected chi connectivity index (χ3v) is 5.47. The lowest BCUT2D eigenvalue weighted by Crippen LogP contribution is -2.42. The van der Waals surface area contributed by atoms with Crippen LogP contribution in [0.25, 0.3) is 10.9 Å². The van der Waals surface area contributed by atoms with Crippen LogP contribution in [0.3, 0.4) is 0 Å². The van der Waals surface area contributed by atoms with E-state index in [1.54, 1.807) is 6.07 Å². The number of benzene rings is 1. The van der Waals surface area contributed by atoms with Crippen LogP contribution in [0.1, 0.15) is 37.7 Å². The first-order valence-corrected chi connectivity index (χ1v) is 8.26. The number of amides is 2. The van der Waals surface area contributed by atoms with E-state index in [4.69, 9.17) is 11.5 Å². The summed E-state index contributed by atoms with van der Waals surface area (Å²) in [6.07, 6.45) is 5.43. The summed E-state index contributed by atoms with van der Waals surface area (Å²) in [6.45, 7) is 0. The highest BCUT2D eigenvalue weighted by atomic mass is 19.1. The Morgan fingerprint density at radius 1 is 1.25 bits per heavy atom. The number of aromatic nitrogens is 1. The summed E-state index contributed by atoms with van der Waals surface area (Å²) >= 11 is 0. The quantitative estimate of drug-likeness (QED) is 0.783. The van der Waals surface area contributed by atoms with Crippen molar-refractivity contribution in [2.45, 2.75) is 38.5 Å². The molecule has 1 fully saturated rings. The van der Waals surface area contributed by atoms with E-state index >= 15 is 0 Å². The van der Waals surface area contributed by atoms with E-state index in [1.165, 1.54) is 12.1 Å². The Bertz CT molecular complexity index is 776. The lowest BCUT2D eigenvalue weighted by molar-refractivity contribution is -0.133. The van der Waals surface area contributed by atoms with E-state index in [9.17, 15) is 14.0 Å². The van der Waals surface area contributed by atoms with E-state index in [2.05, 4.69) is 4.98 Å². The van der Waals surface area contributed by atoms with Crippen LogP contribution in [0.4, 0.5) is 4.39 Å². The average molecular weight is 331 g/mol. The zero-order valence-corrected chi connectivity index (χ0v) is 13.5. The van der Waals surface area contributed by atoms with Crippen molar-refractivity contribution in [2.75, 3.05) is 0 Å². The lowest BCUT2D eigenvalue weighted by Gasteiger charge is -2.37. The molecule has 5 nitrogen and oxygen atoms in total. The molecule has 0 atom stereocenters. The molecule has 3 rings (SSSR count). The number of carbonyl (C=O) groups is 2. The molecule has 128 valence electrons. The Morgan fingerprint density at radius 3 is 2.58 bits per heavy atom. The topological polar surface area (TPSA) is 102 Å². The predicted molar refractivity (Wildman–Crippen MR) is 89.4 cm³/mol. The van der Waals surface area contributed by atoms with Gasteiger partial charge in [0.25, 0.3) is 0 Å². The summed E-state index contributed by atoms with van der Waals surface area (Å²) in [6, 6.07) is 4.62. The predicted octanol–water partition coefficient (Wildman–Crippen LogP) is 2.39. The van der Waals surface area contributed by atoms with Crippen LogP contribution >= 0.6 is 0 Å². The number of primary amides is 2. The van der Waals surface area contributed by atoms with Crippen LogP contribution in [0.5, 0.6) is 0 Å². The Balaban J connectivity index is 1.76. The number of aryl methyl sites for hydroxylation is 1. The standard InChI is InChI=1S/C18H22FN3O2/c19-13-1-2-15-14(9-13)12(10-22-15)5-8-18(17(21)24)6-3-11(4-7-18)16(20)23/h1-2,9-11,22H,3-8H2,(H2,20,23)(H2,21,24). The highest BCUT2D eigenvalue weighted by molar-refractivity contribution is 5.84. The number of halogens is 1.